The normalized spacial score (nSPS) is 16.4. The van der Waals surface area contributed by atoms with E-state index in [9.17, 15) is 0 Å². The fourth-order valence-corrected chi connectivity index (χ4v) is 3.48. The van der Waals surface area contributed by atoms with E-state index in [1.54, 1.807) is 0 Å². The Kier molecular flexibility index (Phi) is 7.09. The van der Waals surface area contributed by atoms with Crippen LogP contribution in [0.5, 0.6) is 0 Å². The number of hydrogen-bond donors (Lipinski definition) is 2. The van der Waals surface area contributed by atoms with Crippen LogP contribution in [0.15, 0.2) is 33.7 Å². The summed E-state index contributed by atoms with van der Waals surface area (Å²) in [6.45, 7) is 1.94. The van der Waals surface area contributed by atoms with Crippen LogP contribution in [0, 0.1) is 0 Å². The number of aliphatic imine (C=N–C) groups is 1. The van der Waals surface area contributed by atoms with Crippen molar-refractivity contribution in [1.82, 2.24) is 10.6 Å². The number of benzene rings is 1. The Labute approximate surface area is 146 Å². The standard InChI is InChI=1S/C17H26BrN3S/c1-19-16(20-10-3-4-11-22-2)21-13-17(8-9-17)14-6-5-7-15(18)12-14/h5-7,12H,3-4,8-11,13H2,1-2H3,(H2,19,20,21). The molecule has 1 fully saturated rings. The van der Waals surface area contributed by atoms with E-state index in [1.807, 2.05) is 18.8 Å². The second-order valence-corrected chi connectivity index (χ2v) is 7.74. The predicted octanol–water partition coefficient (Wildman–Crippen LogP) is 3.79. The van der Waals surface area contributed by atoms with Crippen molar-refractivity contribution in [1.29, 1.82) is 0 Å². The van der Waals surface area contributed by atoms with Gasteiger partial charge < -0.3 is 10.6 Å². The first-order valence-electron chi connectivity index (χ1n) is 7.90. The Morgan fingerprint density at radius 1 is 1.32 bits per heavy atom. The smallest absolute Gasteiger partial charge is 0.191 e. The largest absolute Gasteiger partial charge is 0.356 e. The molecule has 0 aromatic heterocycles. The van der Waals surface area contributed by atoms with Gasteiger partial charge in [0, 0.05) is 30.0 Å². The lowest BCUT2D eigenvalue weighted by atomic mass is 9.96. The molecule has 0 heterocycles. The van der Waals surface area contributed by atoms with Gasteiger partial charge in [-0.2, -0.15) is 11.8 Å². The topological polar surface area (TPSA) is 36.4 Å². The summed E-state index contributed by atoms with van der Waals surface area (Å²) in [6, 6.07) is 8.69. The fourth-order valence-electron chi connectivity index (χ4n) is 2.59. The van der Waals surface area contributed by atoms with E-state index >= 15 is 0 Å². The molecule has 1 aromatic carbocycles. The molecule has 1 aliphatic rings. The molecule has 3 nitrogen and oxygen atoms in total. The van der Waals surface area contributed by atoms with Crippen molar-refractivity contribution in [3.63, 3.8) is 0 Å². The van der Waals surface area contributed by atoms with Crippen LogP contribution in [0.4, 0.5) is 0 Å². The number of guanidine groups is 1. The molecule has 0 bridgehead atoms. The summed E-state index contributed by atoms with van der Waals surface area (Å²) in [5.41, 5.74) is 1.71. The average Bonchev–Trinajstić information content (AvgIpc) is 3.31. The maximum Gasteiger partial charge on any atom is 0.191 e. The zero-order chi connectivity index (χ0) is 15.8. The molecule has 22 heavy (non-hydrogen) atoms. The van der Waals surface area contributed by atoms with Crippen LogP contribution in [0.25, 0.3) is 0 Å². The third-order valence-electron chi connectivity index (χ3n) is 4.18. The first kappa shape index (κ1) is 17.7. The van der Waals surface area contributed by atoms with Gasteiger partial charge in [-0.25, -0.2) is 0 Å². The van der Waals surface area contributed by atoms with Crippen LogP contribution in [0.2, 0.25) is 0 Å². The molecule has 0 amide bonds. The van der Waals surface area contributed by atoms with E-state index in [4.69, 9.17) is 0 Å². The van der Waals surface area contributed by atoms with Gasteiger partial charge in [-0.15, -0.1) is 0 Å². The highest BCUT2D eigenvalue weighted by Crippen LogP contribution is 2.48. The van der Waals surface area contributed by atoms with Crippen LogP contribution in [0.1, 0.15) is 31.2 Å². The number of nitrogens with zero attached hydrogens (tertiary/aromatic N) is 1. The lowest BCUT2D eigenvalue weighted by molar-refractivity contribution is 0.641. The number of unbranched alkanes of at least 4 members (excludes halogenated alkanes) is 1. The minimum absolute atomic E-state index is 0.292. The van der Waals surface area contributed by atoms with Gasteiger partial charge in [0.05, 0.1) is 0 Å². The Hall–Kier alpha value is -0.680. The summed E-state index contributed by atoms with van der Waals surface area (Å²) < 4.78 is 1.16. The summed E-state index contributed by atoms with van der Waals surface area (Å²) in [7, 11) is 1.84. The predicted molar refractivity (Wildman–Crippen MR) is 102 cm³/mol. The number of thioether (sulfide) groups is 1. The van der Waals surface area contributed by atoms with Gasteiger partial charge in [-0.1, -0.05) is 28.1 Å². The monoisotopic (exact) mass is 383 g/mol. The van der Waals surface area contributed by atoms with Gasteiger partial charge in [-0.05, 0) is 55.4 Å². The van der Waals surface area contributed by atoms with Crippen LogP contribution in [-0.2, 0) is 5.41 Å². The first-order valence-corrected chi connectivity index (χ1v) is 10.1. The SMILES string of the molecule is CN=C(NCCCCSC)NCC1(c2cccc(Br)c2)CC1. The molecule has 1 saturated carbocycles. The third kappa shape index (κ3) is 5.20. The second-order valence-electron chi connectivity index (χ2n) is 5.84. The number of nitrogens with one attached hydrogen (secondary N) is 2. The van der Waals surface area contributed by atoms with Crippen molar-refractivity contribution < 1.29 is 0 Å². The van der Waals surface area contributed by atoms with Gasteiger partial charge >= 0.3 is 0 Å². The van der Waals surface area contributed by atoms with E-state index in [0.29, 0.717) is 5.41 Å². The molecule has 0 radical (unpaired) electrons. The highest BCUT2D eigenvalue weighted by atomic mass is 79.9. The van der Waals surface area contributed by atoms with Crippen molar-refractivity contribution in [2.24, 2.45) is 4.99 Å². The molecular formula is C17H26BrN3S. The van der Waals surface area contributed by atoms with E-state index in [2.05, 4.69) is 62.1 Å². The molecule has 0 aliphatic heterocycles. The minimum Gasteiger partial charge on any atom is -0.356 e. The molecule has 1 aliphatic carbocycles. The van der Waals surface area contributed by atoms with E-state index in [1.165, 1.54) is 37.0 Å². The van der Waals surface area contributed by atoms with Crippen molar-refractivity contribution >= 4 is 33.7 Å². The number of halogens is 1. The molecule has 2 N–H and O–H groups in total. The van der Waals surface area contributed by atoms with Gasteiger partial charge in [0.25, 0.3) is 0 Å². The van der Waals surface area contributed by atoms with Gasteiger partial charge in [-0.3, -0.25) is 4.99 Å². The van der Waals surface area contributed by atoms with E-state index in [-0.39, 0.29) is 0 Å². The molecule has 1 aromatic rings. The molecule has 0 atom stereocenters. The zero-order valence-electron chi connectivity index (χ0n) is 13.5. The molecule has 2 rings (SSSR count). The average molecular weight is 384 g/mol. The second kappa shape index (κ2) is 8.82. The van der Waals surface area contributed by atoms with Gasteiger partial charge in [0.1, 0.15) is 0 Å². The summed E-state index contributed by atoms with van der Waals surface area (Å²) >= 11 is 5.48. The lowest BCUT2D eigenvalue weighted by Crippen LogP contribution is -2.41. The summed E-state index contributed by atoms with van der Waals surface area (Å²) in [4.78, 5) is 4.33. The quantitative estimate of drug-likeness (QED) is 0.407. The maximum atomic E-state index is 4.33. The van der Waals surface area contributed by atoms with Crippen molar-refractivity contribution in [2.45, 2.75) is 31.1 Å². The van der Waals surface area contributed by atoms with Crippen molar-refractivity contribution in [3.8, 4) is 0 Å². The third-order valence-corrected chi connectivity index (χ3v) is 5.37. The maximum absolute atomic E-state index is 4.33. The van der Waals surface area contributed by atoms with Gasteiger partial charge in [0.2, 0.25) is 0 Å². The molecular weight excluding hydrogens is 358 g/mol. The molecule has 0 saturated heterocycles. The molecule has 5 heteroatoms. The molecule has 0 spiro atoms. The first-order chi connectivity index (χ1) is 10.7. The van der Waals surface area contributed by atoms with Crippen molar-refractivity contribution in [2.75, 3.05) is 32.1 Å². The minimum atomic E-state index is 0.292. The summed E-state index contributed by atoms with van der Waals surface area (Å²) in [5, 5.41) is 6.91. The Balaban J connectivity index is 1.78. The molecule has 122 valence electrons. The highest BCUT2D eigenvalue weighted by Gasteiger charge is 2.44. The fraction of sp³-hybridized carbons (Fsp3) is 0.588. The van der Waals surface area contributed by atoms with Crippen LogP contribution >= 0.6 is 27.7 Å². The van der Waals surface area contributed by atoms with Crippen LogP contribution in [-0.4, -0.2) is 38.1 Å². The highest BCUT2D eigenvalue weighted by molar-refractivity contribution is 9.10. The summed E-state index contributed by atoms with van der Waals surface area (Å²) in [5.74, 6) is 2.16. The van der Waals surface area contributed by atoms with Crippen molar-refractivity contribution in [3.05, 3.63) is 34.3 Å². The van der Waals surface area contributed by atoms with Crippen LogP contribution < -0.4 is 10.6 Å². The Morgan fingerprint density at radius 3 is 2.77 bits per heavy atom. The Morgan fingerprint density at radius 2 is 2.14 bits per heavy atom. The van der Waals surface area contributed by atoms with E-state index in [0.717, 1.165) is 23.5 Å². The molecule has 0 unspecified atom stereocenters. The number of rotatable bonds is 8. The zero-order valence-corrected chi connectivity index (χ0v) is 15.9. The van der Waals surface area contributed by atoms with E-state index < -0.39 is 0 Å². The lowest BCUT2D eigenvalue weighted by Gasteiger charge is -2.19. The Bertz CT molecular complexity index is 500. The van der Waals surface area contributed by atoms with Gasteiger partial charge in [0.15, 0.2) is 5.96 Å². The number of hydrogen-bond acceptors (Lipinski definition) is 2. The van der Waals surface area contributed by atoms with Crippen LogP contribution in [0.3, 0.4) is 0 Å². The summed E-state index contributed by atoms with van der Waals surface area (Å²) in [6.07, 6.45) is 7.11.